The van der Waals surface area contributed by atoms with Crippen molar-refractivity contribution in [2.24, 2.45) is 0 Å². The number of pyridine rings is 1. The van der Waals surface area contributed by atoms with Gasteiger partial charge in [-0.1, -0.05) is 0 Å². The summed E-state index contributed by atoms with van der Waals surface area (Å²) in [6.45, 7) is 2.08. The normalized spacial score (nSPS) is 10.7. The minimum Gasteiger partial charge on any atom is -0.461 e. The Labute approximate surface area is 115 Å². The molecule has 3 heterocycles. The summed E-state index contributed by atoms with van der Waals surface area (Å²) in [6, 6.07) is 5.64. The molecule has 0 saturated heterocycles. The zero-order valence-electron chi connectivity index (χ0n) is 10.9. The average molecular weight is 268 g/mol. The second-order valence-corrected chi connectivity index (χ2v) is 4.08. The van der Waals surface area contributed by atoms with Crippen molar-refractivity contribution in [2.75, 3.05) is 6.61 Å². The van der Waals surface area contributed by atoms with E-state index < -0.39 is 5.97 Å². The lowest BCUT2D eigenvalue weighted by Gasteiger charge is -2.03. The number of carbonyl (C=O) groups is 1. The first kappa shape index (κ1) is 12.3. The fourth-order valence-corrected chi connectivity index (χ4v) is 1.96. The van der Waals surface area contributed by atoms with Gasteiger partial charge in [0.1, 0.15) is 0 Å². The molecule has 0 saturated carbocycles. The number of ether oxygens (including phenoxy) is 1. The lowest BCUT2D eigenvalue weighted by Crippen LogP contribution is -2.04. The van der Waals surface area contributed by atoms with E-state index in [1.807, 2.05) is 18.2 Å². The predicted octanol–water partition coefficient (Wildman–Crippen LogP) is 1.97. The highest BCUT2D eigenvalue weighted by molar-refractivity contribution is 5.88. The number of rotatable bonds is 3. The van der Waals surface area contributed by atoms with Crippen LogP contribution in [0, 0.1) is 0 Å². The molecule has 6 heteroatoms. The molecule has 0 aliphatic rings. The fraction of sp³-hybridized carbons (Fsp3) is 0.143. The highest BCUT2D eigenvalue weighted by Gasteiger charge is 2.14. The standard InChI is InChI=1S/C14H12N4O2/c1-2-20-13(19)11-9-18-12(5-8-16-14(18)17-11)10-3-6-15-7-4-10/h3-9H,2H2,1H3. The molecular weight excluding hydrogens is 256 g/mol. The summed E-state index contributed by atoms with van der Waals surface area (Å²) in [5, 5.41) is 0. The number of esters is 1. The molecule has 0 radical (unpaired) electrons. The Kier molecular flexibility index (Phi) is 3.12. The Morgan fingerprint density at radius 2 is 2.05 bits per heavy atom. The van der Waals surface area contributed by atoms with Gasteiger partial charge >= 0.3 is 5.97 Å². The summed E-state index contributed by atoms with van der Waals surface area (Å²) in [5.74, 6) is 0.0149. The van der Waals surface area contributed by atoms with E-state index in [4.69, 9.17) is 4.74 Å². The summed E-state index contributed by atoms with van der Waals surface area (Å²) < 4.78 is 6.72. The molecule has 3 aromatic rings. The third kappa shape index (κ3) is 2.11. The first-order valence-electron chi connectivity index (χ1n) is 6.21. The van der Waals surface area contributed by atoms with Crippen molar-refractivity contribution >= 4 is 11.7 Å². The molecule has 0 aliphatic carbocycles. The second-order valence-electron chi connectivity index (χ2n) is 4.08. The number of carbonyl (C=O) groups excluding carboxylic acids is 1. The molecule has 0 fully saturated rings. The molecule has 3 aromatic heterocycles. The van der Waals surface area contributed by atoms with Crippen LogP contribution in [0.5, 0.6) is 0 Å². The van der Waals surface area contributed by atoms with E-state index in [1.54, 1.807) is 36.1 Å². The van der Waals surface area contributed by atoms with E-state index in [9.17, 15) is 4.79 Å². The van der Waals surface area contributed by atoms with Crippen LogP contribution in [0.25, 0.3) is 17.0 Å². The van der Waals surface area contributed by atoms with E-state index >= 15 is 0 Å². The molecular formula is C14H12N4O2. The molecule has 0 amide bonds. The van der Waals surface area contributed by atoms with E-state index in [0.717, 1.165) is 11.3 Å². The summed E-state index contributed by atoms with van der Waals surface area (Å²) in [4.78, 5) is 24.1. The number of fused-ring (bicyclic) bond motifs is 1. The van der Waals surface area contributed by atoms with Crippen LogP contribution >= 0.6 is 0 Å². The van der Waals surface area contributed by atoms with Gasteiger partial charge in [0.15, 0.2) is 5.69 Å². The van der Waals surface area contributed by atoms with Gasteiger partial charge in [-0.05, 0) is 25.1 Å². The minimum atomic E-state index is -0.446. The Hall–Kier alpha value is -2.76. The number of hydrogen-bond acceptors (Lipinski definition) is 5. The molecule has 0 bridgehead atoms. The quantitative estimate of drug-likeness (QED) is 0.679. The predicted molar refractivity (Wildman–Crippen MR) is 72.2 cm³/mol. The molecule has 6 nitrogen and oxygen atoms in total. The molecule has 20 heavy (non-hydrogen) atoms. The van der Waals surface area contributed by atoms with Crippen LogP contribution in [-0.4, -0.2) is 31.9 Å². The van der Waals surface area contributed by atoms with Crippen LogP contribution in [0.4, 0.5) is 0 Å². The fourth-order valence-electron chi connectivity index (χ4n) is 1.96. The smallest absolute Gasteiger partial charge is 0.358 e. The Morgan fingerprint density at radius 3 is 2.80 bits per heavy atom. The maximum Gasteiger partial charge on any atom is 0.358 e. The molecule has 100 valence electrons. The molecule has 0 aliphatic heterocycles. The first-order chi connectivity index (χ1) is 9.79. The van der Waals surface area contributed by atoms with Gasteiger partial charge in [-0.25, -0.2) is 14.8 Å². The van der Waals surface area contributed by atoms with Crippen molar-refractivity contribution in [1.29, 1.82) is 0 Å². The Bertz CT molecular complexity index is 752. The third-order valence-corrected chi connectivity index (χ3v) is 2.83. The van der Waals surface area contributed by atoms with Gasteiger partial charge in [0, 0.05) is 30.4 Å². The summed E-state index contributed by atoms with van der Waals surface area (Å²) >= 11 is 0. The van der Waals surface area contributed by atoms with Gasteiger partial charge in [-0.15, -0.1) is 0 Å². The van der Waals surface area contributed by atoms with Crippen molar-refractivity contribution < 1.29 is 9.53 Å². The maximum absolute atomic E-state index is 11.7. The third-order valence-electron chi connectivity index (χ3n) is 2.83. The van der Waals surface area contributed by atoms with Gasteiger partial charge in [-0.2, -0.15) is 0 Å². The van der Waals surface area contributed by atoms with Gasteiger partial charge in [-0.3, -0.25) is 9.38 Å². The molecule has 0 aromatic carbocycles. The van der Waals surface area contributed by atoms with Crippen molar-refractivity contribution in [2.45, 2.75) is 6.92 Å². The van der Waals surface area contributed by atoms with Crippen LogP contribution in [0.3, 0.4) is 0 Å². The van der Waals surface area contributed by atoms with Crippen LogP contribution in [-0.2, 0) is 4.74 Å². The Morgan fingerprint density at radius 1 is 1.25 bits per heavy atom. The second kappa shape index (κ2) is 5.08. The topological polar surface area (TPSA) is 69.4 Å². The first-order valence-corrected chi connectivity index (χ1v) is 6.21. The highest BCUT2D eigenvalue weighted by atomic mass is 16.5. The van der Waals surface area contributed by atoms with Crippen molar-refractivity contribution in [3.63, 3.8) is 0 Å². The number of imidazole rings is 1. The lowest BCUT2D eigenvalue weighted by atomic mass is 10.2. The summed E-state index contributed by atoms with van der Waals surface area (Å²) in [5.41, 5.74) is 2.11. The van der Waals surface area contributed by atoms with E-state index in [-0.39, 0.29) is 5.69 Å². The molecule has 0 spiro atoms. The zero-order valence-corrected chi connectivity index (χ0v) is 10.9. The van der Waals surface area contributed by atoms with Crippen molar-refractivity contribution in [3.8, 4) is 11.3 Å². The largest absolute Gasteiger partial charge is 0.461 e. The van der Waals surface area contributed by atoms with Crippen molar-refractivity contribution in [1.82, 2.24) is 19.4 Å². The van der Waals surface area contributed by atoms with Crippen LogP contribution in [0.15, 0.2) is 43.0 Å². The molecule has 3 rings (SSSR count). The zero-order chi connectivity index (χ0) is 13.9. The van der Waals surface area contributed by atoms with Gasteiger partial charge < -0.3 is 4.74 Å². The maximum atomic E-state index is 11.7. The van der Waals surface area contributed by atoms with Crippen molar-refractivity contribution in [3.05, 3.63) is 48.7 Å². The van der Waals surface area contributed by atoms with Crippen LogP contribution < -0.4 is 0 Å². The molecule has 0 atom stereocenters. The Balaban J connectivity index is 2.13. The minimum absolute atomic E-state index is 0.251. The molecule has 0 N–H and O–H groups in total. The van der Waals surface area contributed by atoms with E-state index in [0.29, 0.717) is 12.4 Å². The van der Waals surface area contributed by atoms with Gasteiger partial charge in [0.25, 0.3) is 0 Å². The summed E-state index contributed by atoms with van der Waals surface area (Å²) in [6.07, 6.45) is 6.72. The summed E-state index contributed by atoms with van der Waals surface area (Å²) in [7, 11) is 0. The van der Waals surface area contributed by atoms with E-state index in [1.165, 1.54) is 0 Å². The number of nitrogens with zero attached hydrogens (tertiary/aromatic N) is 4. The van der Waals surface area contributed by atoms with Gasteiger partial charge in [0.05, 0.1) is 12.3 Å². The number of aromatic nitrogens is 4. The van der Waals surface area contributed by atoms with Gasteiger partial charge in [0.2, 0.25) is 5.78 Å². The van der Waals surface area contributed by atoms with Crippen LogP contribution in [0.1, 0.15) is 17.4 Å². The highest BCUT2D eigenvalue weighted by Crippen LogP contribution is 2.19. The van der Waals surface area contributed by atoms with Crippen LogP contribution in [0.2, 0.25) is 0 Å². The molecule has 0 unspecified atom stereocenters. The average Bonchev–Trinajstić information content (AvgIpc) is 2.92. The SMILES string of the molecule is CCOC(=O)c1cn2c(-c3ccncc3)ccnc2n1. The number of hydrogen-bond donors (Lipinski definition) is 0. The lowest BCUT2D eigenvalue weighted by molar-refractivity contribution is 0.0520. The van der Waals surface area contributed by atoms with E-state index in [2.05, 4.69) is 15.0 Å². The monoisotopic (exact) mass is 268 g/mol.